The molecule has 0 atom stereocenters. The van der Waals surface area contributed by atoms with Crippen LogP contribution >= 0.6 is 11.3 Å². The number of carbonyl (C=O) groups is 1. The Hall–Kier alpha value is -4.18. The Morgan fingerprint density at radius 2 is 2.03 bits per heavy atom. The molecular weight excluding hydrogens is 482 g/mol. The Morgan fingerprint density at radius 3 is 2.78 bits per heavy atom. The minimum absolute atomic E-state index is 0.143. The second-order valence-electron chi connectivity index (χ2n) is 8.58. The van der Waals surface area contributed by atoms with Crippen molar-refractivity contribution >= 4 is 27.3 Å². The summed E-state index contributed by atoms with van der Waals surface area (Å²) in [4.78, 5) is 18.9. The Bertz CT molecular complexity index is 1670. The predicted molar refractivity (Wildman–Crippen MR) is 134 cm³/mol. The van der Waals surface area contributed by atoms with E-state index < -0.39 is 11.6 Å². The standard InChI is InChI=1S/C26H20F2N6OS/c1-3-22(35)33-7-8-34-17(14-33)11-21(31-34)25-23(18-5-4-16(27)10-20(18)28)26-19(6-9-36-26)24(30-25)15-12-29-32(2)13-15/h3-6,9-13H,1,7-8,14H2,2H3. The number of carbonyl (C=O) groups excluding carboxylic acids is 1. The average Bonchev–Trinajstić information content (AvgIpc) is 3.62. The molecule has 0 spiro atoms. The smallest absolute Gasteiger partial charge is 0.246 e. The summed E-state index contributed by atoms with van der Waals surface area (Å²) in [5.74, 6) is -1.46. The van der Waals surface area contributed by atoms with Crippen LogP contribution < -0.4 is 0 Å². The maximum atomic E-state index is 15.1. The maximum absolute atomic E-state index is 15.1. The summed E-state index contributed by atoms with van der Waals surface area (Å²) < 4.78 is 33.3. The number of thiophene rings is 1. The zero-order valence-corrected chi connectivity index (χ0v) is 20.1. The molecule has 0 saturated carbocycles. The molecule has 0 unspecified atom stereocenters. The fourth-order valence-corrected chi connectivity index (χ4v) is 5.57. The number of amides is 1. The highest BCUT2D eigenvalue weighted by molar-refractivity contribution is 7.18. The molecule has 0 bridgehead atoms. The topological polar surface area (TPSA) is 68.8 Å². The number of benzene rings is 1. The Morgan fingerprint density at radius 1 is 1.17 bits per heavy atom. The molecule has 36 heavy (non-hydrogen) atoms. The number of aromatic nitrogens is 5. The molecule has 1 amide bonds. The molecule has 1 aliphatic heterocycles. The van der Waals surface area contributed by atoms with Gasteiger partial charge in [-0.15, -0.1) is 11.3 Å². The van der Waals surface area contributed by atoms with Gasteiger partial charge in [0, 0.05) is 52.6 Å². The molecule has 5 aromatic rings. The van der Waals surface area contributed by atoms with E-state index in [2.05, 4.69) is 11.7 Å². The zero-order valence-electron chi connectivity index (χ0n) is 19.3. The average molecular weight is 503 g/mol. The third-order valence-corrected chi connectivity index (χ3v) is 7.25. The largest absolute Gasteiger partial charge is 0.331 e. The number of aryl methyl sites for hydroxylation is 1. The van der Waals surface area contributed by atoms with Crippen LogP contribution in [0.25, 0.3) is 43.9 Å². The Labute approximate surface area is 208 Å². The van der Waals surface area contributed by atoms with E-state index in [1.165, 1.54) is 29.5 Å². The van der Waals surface area contributed by atoms with Crippen molar-refractivity contribution in [3.63, 3.8) is 0 Å². The van der Waals surface area contributed by atoms with Gasteiger partial charge in [0.25, 0.3) is 0 Å². The Balaban J connectivity index is 1.61. The first-order chi connectivity index (χ1) is 17.4. The van der Waals surface area contributed by atoms with Gasteiger partial charge in [-0.05, 0) is 35.7 Å². The van der Waals surface area contributed by atoms with E-state index in [0.29, 0.717) is 42.3 Å². The van der Waals surface area contributed by atoms with Crippen LogP contribution in [-0.4, -0.2) is 41.9 Å². The molecule has 10 heteroatoms. The summed E-state index contributed by atoms with van der Waals surface area (Å²) in [6.45, 7) is 4.99. The minimum Gasteiger partial charge on any atom is -0.331 e. The van der Waals surface area contributed by atoms with Gasteiger partial charge in [0.2, 0.25) is 5.91 Å². The molecule has 180 valence electrons. The number of fused-ring (bicyclic) bond motifs is 2. The number of halogens is 2. The van der Waals surface area contributed by atoms with Gasteiger partial charge in [0.1, 0.15) is 23.0 Å². The van der Waals surface area contributed by atoms with Gasteiger partial charge in [-0.25, -0.2) is 13.8 Å². The van der Waals surface area contributed by atoms with E-state index in [1.54, 1.807) is 15.8 Å². The summed E-state index contributed by atoms with van der Waals surface area (Å²) in [7, 11) is 1.83. The molecular formula is C26H20F2N6OS. The lowest BCUT2D eigenvalue weighted by atomic mass is 9.98. The normalized spacial score (nSPS) is 13.2. The first-order valence-corrected chi connectivity index (χ1v) is 12.1. The van der Waals surface area contributed by atoms with Gasteiger partial charge in [-0.1, -0.05) is 6.58 Å². The molecule has 5 heterocycles. The highest BCUT2D eigenvalue weighted by Crippen LogP contribution is 2.43. The van der Waals surface area contributed by atoms with Gasteiger partial charge in [-0.2, -0.15) is 10.2 Å². The van der Waals surface area contributed by atoms with E-state index in [-0.39, 0.29) is 11.5 Å². The highest BCUT2D eigenvalue weighted by Gasteiger charge is 2.26. The van der Waals surface area contributed by atoms with Crippen LogP contribution in [0.5, 0.6) is 0 Å². The number of hydrogen-bond donors (Lipinski definition) is 0. The van der Waals surface area contributed by atoms with Crippen molar-refractivity contribution in [2.75, 3.05) is 6.54 Å². The quantitative estimate of drug-likeness (QED) is 0.323. The summed E-state index contributed by atoms with van der Waals surface area (Å²) in [5, 5.41) is 11.9. The monoisotopic (exact) mass is 502 g/mol. The van der Waals surface area contributed by atoms with Crippen molar-refractivity contribution in [2.45, 2.75) is 13.1 Å². The van der Waals surface area contributed by atoms with Crippen LogP contribution in [0.4, 0.5) is 8.78 Å². The SMILES string of the molecule is C=CC(=O)N1CCn2nc(-c3nc(-c4cnn(C)c4)c4ccsc4c3-c3ccc(F)cc3F)cc2C1. The van der Waals surface area contributed by atoms with E-state index in [0.717, 1.165) is 27.4 Å². The number of pyridine rings is 1. The van der Waals surface area contributed by atoms with Crippen LogP contribution in [0.2, 0.25) is 0 Å². The second kappa shape index (κ2) is 8.49. The summed E-state index contributed by atoms with van der Waals surface area (Å²) in [5.41, 5.74) is 4.20. The third kappa shape index (κ3) is 3.61. The van der Waals surface area contributed by atoms with E-state index in [1.807, 2.05) is 35.4 Å². The molecule has 4 aromatic heterocycles. The number of hydrogen-bond acceptors (Lipinski definition) is 5. The van der Waals surface area contributed by atoms with E-state index in [9.17, 15) is 9.18 Å². The second-order valence-corrected chi connectivity index (χ2v) is 9.50. The van der Waals surface area contributed by atoms with Gasteiger partial charge in [-0.3, -0.25) is 14.2 Å². The minimum atomic E-state index is -0.673. The molecule has 7 nitrogen and oxygen atoms in total. The molecule has 1 aliphatic rings. The molecule has 6 rings (SSSR count). The fourth-order valence-electron chi connectivity index (χ4n) is 4.62. The zero-order chi connectivity index (χ0) is 25.0. The van der Waals surface area contributed by atoms with Crippen molar-refractivity contribution in [3.8, 4) is 33.8 Å². The van der Waals surface area contributed by atoms with Gasteiger partial charge < -0.3 is 4.90 Å². The van der Waals surface area contributed by atoms with Crippen LogP contribution in [-0.2, 0) is 24.9 Å². The molecule has 1 aromatic carbocycles. The van der Waals surface area contributed by atoms with E-state index >= 15 is 4.39 Å². The van der Waals surface area contributed by atoms with Gasteiger partial charge in [0.05, 0.1) is 30.7 Å². The molecule has 0 fully saturated rings. The molecule has 0 saturated heterocycles. The van der Waals surface area contributed by atoms with Crippen LogP contribution in [0.15, 0.2) is 60.8 Å². The third-order valence-electron chi connectivity index (χ3n) is 6.31. The summed E-state index contributed by atoms with van der Waals surface area (Å²) in [6, 6.07) is 7.38. The highest BCUT2D eigenvalue weighted by atomic mass is 32.1. The first kappa shape index (κ1) is 22.3. The maximum Gasteiger partial charge on any atom is 0.246 e. The lowest BCUT2D eigenvalue weighted by molar-refractivity contribution is -0.127. The van der Waals surface area contributed by atoms with Crippen molar-refractivity contribution in [2.24, 2.45) is 7.05 Å². The fraction of sp³-hybridized carbons (Fsp3) is 0.154. The van der Waals surface area contributed by atoms with Crippen molar-refractivity contribution in [3.05, 3.63) is 78.1 Å². The number of nitrogens with zero attached hydrogens (tertiary/aromatic N) is 6. The number of rotatable bonds is 4. The van der Waals surface area contributed by atoms with Crippen molar-refractivity contribution < 1.29 is 13.6 Å². The van der Waals surface area contributed by atoms with Crippen LogP contribution in [0, 0.1) is 11.6 Å². The van der Waals surface area contributed by atoms with Gasteiger partial charge >= 0.3 is 0 Å². The van der Waals surface area contributed by atoms with Gasteiger partial charge in [0.15, 0.2) is 0 Å². The molecule has 0 aliphatic carbocycles. The lowest BCUT2D eigenvalue weighted by Gasteiger charge is -2.26. The lowest BCUT2D eigenvalue weighted by Crippen LogP contribution is -2.37. The molecule has 0 radical (unpaired) electrons. The van der Waals surface area contributed by atoms with Crippen LogP contribution in [0.3, 0.4) is 0 Å². The van der Waals surface area contributed by atoms with Crippen molar-refractivity contribution in [1.82, 2.24) is 29.4 Å². The predicted octanol–water partition coefficient (Wildman–Crippen LogP) is 5.03. The molecule has 0 N–H and O–H groups in total. The van der Waals surface area contributed by atoms with Crippen molar-refractivity contribution in [1.29, 1.82) is 0 Å². The summed E-state index contributed by atoms with van der Waals surface area (Å²) in [6.07, 6.45) is 4.91. The van der Waals surface area contributed by atoms with E-state index in [4.69, 9.17) is 10.1 Å². The van der Waals surface area contributed by atoms with Crippen LogP contribution in [0.1, 0.15) is 5.69 Å². The first-order valence-electron chi connectivity index (χ1n) is 11.3. The Kier molecular flexibility index (Phi) is 5.26. The summed E-state index contributed by atoms with van der Waals surface area (Å²) >= 11 is 1.46.